The predicted octanol–water partition coefficient (Wildman–Crippen LogP) is 4.80. The Bertz CT molecular complexity index is 2260. The van der Waals surface area contributed by atoms with E-state index in [9.17, 15) is 38.7 Å². The molecule has 384 valence electrons. The number of halogens is 2. The van der Waals surface area contributed by atoms with Crippen LogP contribution in [-0.4, -0.2) is 138 Å². The molecule has 12 atom stereocenters. The van der Waals surface area contributed by atoms with Gasteiger partial charge in [-0.15, -0.1) is 0 Å². The van der Waals surface area contributed by atoms with Gasteiger partial charge in [0, 0.05) is 67.5 Å². The lowest BCUT2D eigenvalue weighted by molar-refractivity contribution is -0.234. The fraction of sp³-hybridized carbons (Fsp3) is 0.660. The maximum absolute atomic E-state index is 17.8. The van der Waals surface area contributed by atoms with Crippen LogP contribution >= 0.6 is 0 Å². The molecule has 4 aliphatic carbocycles. The molecule has 5 amide bonds. The Kier molecular flexibility index (Phi) is 15.6. The maximum Gasteiger partial charge on any atom is 0.410 e. The quantitative estimate of drug-likeness (QED) is 0.132. The van der Waals surface area contributed by atoms with E-state index in [2.05, 4.69) is 10.6 Å². The van der Waals surface area contributed by atoms with Crippen LogP contribution in [0.15, 0.2) is 48.1 Å². The molecule has 18 nitrogen and oxygen atoms in total. The fourth-order valence-corrected chi connectivity index (χ4v) is 12.1. The molecule has 3 saturated carbocycles. The molecule has 70 heavy (non-hydrogen) atoms. The molecule has 7 rings (SSSR count). The Balaban J connectivity index is 0.914. The van der Waals surface area contributed by atoms with Gasteiger partial charge in [0.25, 0.3) is 0 Å². The number of fused-ring (bicyclic) bond motifs is 7. The van der Waals surface area contributed by atoms with Crippen molar-refractivity contribution in [3.05, 3.63) is 53.6 Å². The molecular weight excluding hydrogens is 915 g/mol. The molecule has 2 heterocycles. The number of piperazine rings is 1. The monoisotopic (exact) mass is 982 g/mol. The van der Waals surface area contributed by atoms with Crippen LogP contribution in [0.5, 0.6) is 0 Å². The summed E-state index contributed by atoms with van der Waals surface area (Å²) in [5, 5.41) is 17.2. The maximum atomic E-state index is 17.8. The van der Waals surface area contributed by atoms with Gasteiger partial charge in [-0.25, -0.2) is 23.2 Å². The van der Waals surface area contributed by atoms with Gasteiger partial charge in [-0.05, 0) is 92.7 Å². The number of ketones is 3. The number of hydrogen-bond acceptors (Lipinski definition) is 13. The summed E-state index contributed by atoms with van der Waals surface area (Å²) in [6.45, 7) is 8.65. The van der Waals surface area contributed by atoms with Crippen molar-refractivity contribution in [3.8, 4) is 0 Å². The number of urea groups is 1. The van der Waals surface area contributed by atoms with E-state index >= 15 is 8.78 Å². The number of alkyl halides is 2. The number of amides is 5. The minimum Gasteiger partial charge on any atom is -0.445 e. The lowest BCUT2D eigenvalue weighted by Crippen LogP contribution is -2.71. The minimum absolute atomic E-state index is 0.00538. The number of nitrogens with zero attached hydrogens (tertiary/aromatic N) is 2. The number of hydrogen-bond donors (Lipinski definition) is 5. The number of carbonyl (C=O) groups is 7. The van der Waals surface area contributed by atoms with Crippen molar-refractivity contribution in [1.29, 1.82) is 0 Å². The molecule has 2 aliphatic heterocycles. The van der Waals surface area contributed by atoms with Gasteiger partial charge >= 0.3 is 18.2 Å². The molecule has 1 aromatic carbocycles. The number of aliphatic hydroxyl groups is 1. The summed E-state index contributed by atoms with van der Waals surface area (Å²) in [6.07, 6.45) is -1.35. The molecule has 6 aliphatic rings. The number of rotatable bonds is 17. The zero-order valence-corrected chi connectivity index (χ0v) is 40.6. The van der Waals surface area contributed by atoms with E-state index in [-0.39, 0.29) is 88.2 Å². The van der Waals surface area contributed by atoms with Crippen molar-refractivity contribution in [3.63, 3.8) is 0 Å². The third kappa shape index (κ3) is 9.72. The SMILES string of the molecule is CCCC1O[C@@H]2C[C@H]3[C@@H]4C[C@H](F)C5=CC(=O)C=C[C@]5(C)[C@@]4(F)[C@@H](O)C[C@]3(C)[C@]2(C(=O)COC(=O)N2CCN(C(=O)OCc3ccc(NC(=O)[C@H](CCCNC(N)=O)CC(=O)[C@@H](N)C(C)C)cc3)CC2)O1. The summed E-state index contributed by atoms with van der Waals surface area (Å²) in [5.41, 5.74) is 5.31. The van der Waals surface area contributed by atoms with Crippen LogP contribution in [0.25, 0.3) is 0 Å². The Hall–Kier alpha value is -5.31. The average Bonchev–Trinajstić information content (AvgIpc) is 3.81. The summed E-state index contributed by atoms with van der Waals surface area (Å²) in [6, 6.07) is 5.22. The number of Topliss-reactive ketones (excluding diaryl/α,β-unsaturated/α-hetero) is 2. The van der Waals surface area contributed by atoms with Gasteiger partial charge in [-0.2, -0.15) is 0 Å². The summed E-state index contributed by atoms with van der Waals surface area (Å²) < 4.78 is 58.0. The van der Waals surface area contributed by atoms with E-state index in [1.807, 2.05) is 20.8 Å². The van der Waals surface area contributed by atoms with Crippen molar-refractivity contribution < 1.29 is 66.4 Å². The Labute approximate surface area is 406 Å². The van der Waals surface area contributed by atoms with E-state index in [0.29, 0.717) is 36.9 Å². The molecule has 20 heteroatoms. The first-order valence-corrected chi connectivity index (χ1v) is 24.5. The Morgan fingerprint density at radius 3 is 2.27 bits per heavy atom. The highest BCUT2D eigenvalue weighted by molar-refractivity contribution is 6.01. The van der Waals surface area contributed by atoms with E-state index in [4.69, 9.17) is 30.4 Å². The largest absolute Gasteiger partial charge is 0.445 e. The van der Waals surface area contributed by atoms with Gasteiger partial charge in [0.15, 0.2) is 35.7 Å². The normalized spacial score (nSPS) is 32.9. The molecule has 7 N–H and O–H groups in total. The third-order valence-corrected chi connectivity index (χ3v) is 16.0. The standard InChI is InChI=1S/C50H68F2N6O12/c1-6-8-41-69-40-24-33-34-23-36(51)35-22-32(59)14-15-47(35,4)49(34,52)38(61)25-48(33,5)50(40,70-41)39(62)27-68-46(66)58-19-17-57(18-20-58)45(65)67-26-29-10-12-31(13-11-29)56-43(63)30(9-7-16-55-44(54)64)21-37(60)42(53)28(2)3/h10-15,22,28,30,33-34,36,38,40-42,61H,6-9,16-21,23-27,53H2,1-5H3,(H,56,63)(H3,54,55,64)/t30-,33+,34+,36+,38+,40-,41?,42+,47+,48+,49+,50-/m1/s1. The molecule has 1 aromatic rings. The Morgan fingerprint density at radius 2 is 1.64 bits per heavy atom. The molecule has 0 bridgehead atoms. The molecular formula is C50H68F2N6O12. The Morgan fingerprint density at radius 1 is 0.986 bits per heavy atom. The minimum atomic E-state index is -2.37. The molecule has 1 unspecified atom stereocenters. The second kappa shape index (κ2) is 20.8. The van der Waals surface area contributed by atoms with Crippen LogP contribution < -0.4 is 22.1 Å². The van der Waals surface area contributed by atoms with E-state index < -0.39 is 107 Å². The third-order valence-electron chi connectivity index (χ3n) is 16.0. The first-order valence-electron chi connectivity index (χ1n) is 24.5. The van der Waals surface area contributed by atoms with Gasteiger partial charge in [0.1, 0.15) is 12.8 Å². The van der Waals surface area contributed by atoms with Crippen molar-refractivity contribution in [2.24, 2.45) is 46.0 Å². The number of benzene rings is 1. The van der Waals surface area contributed by atoms with Crippen molar-refractivity contribution >= 4 is 47.2 Å². The van der Waals surface area contributed by atoms with Gasteiger partial charge < -0.3 is 56.0 Å². The zero-order chi connectivity index (χ0) is 50.9. The first-order chi connectivity index (χ1) is 33.1. The van der Waals surface area contributed by atoms with Crippen molar-refractivity contribution in [1.82, 2.24) is 15.1 Å². The number of nitrogens with one attached hydrogen (secondary N) is 2. The first kappa shape index (κ1) is 52.5. The number of allylic oxidation sites excluding steroid dienone is 4. The predicted molar refractivity (Wildman–Crippen MR) is 249 cm³/mol. The summed E-state index contributed by atoms with van der Waals surface area (Å²) in [5.74, 6) is -4.23. The van der Waals surface area contributed by atoms with E-state index in [1.165, 1.54) is 28.9 Å². The van der Waals surface area contributed by atoms with Crippen LogP contribution in [0, 0.1) is 34.5 Å². The molecule has 0 radical (unpaired) electrons. The van der Waals surface area contributed by atoms with Gasteiger partial charge in [0.05, 0.1) is 18.2 Å². The van der Waals surface area contributed by atoms with E-state index in [0.717, 1.165) is 6.08 Å². The summed E-state index contributed by atoms with van der Waals surface area (Å²) >= 11 is 0. The van der Waals surface area contributed by atoms with Crippen LogP contribution in [0.4, 0.5) is 28.9 Å². The van der Waals surface area contributed by atoms with Crippen molar-refractivity contribution in [2.45, 2.75) is 135 Å². The lowest BCUT2D eigenvalue weighted by atomic mass is 9.44. The number of carbonyl (C=O) groups excluding carboxylic acids is 7. The molecule has 0 aromatic heterocycles. The second-order valence-corrected chi connectivity index (χ2v) is 20.6. The van der Waals surface area contributed by atoms with Gasteiger partial charge in [-0.3, -0.25) is 19.2 Å². The number of primary amides is 1. The van der Waals surface area contributed by atoms with Gasteiger partial charge in [-0.1, -0.05) is 52.3 Å². The summed E-state index contributed by atoms with van der Waals surface area (Å²) in [7, 11) is 0. The van der Waals surface area contributed by atoms with E-state index in [1.54, 1.807) is 31.2 Å². The van der Waals surface area contributed by atoms with Gasteiger partial charge in [0.2, 0.25) is 11.7 Å². The fourth-order valence-electron chi connectivity index (χ4n) is 12.1. The highest BCUT2D eigenvalue weighted by Crippen LogP contribution is 2.72. The smallest absolute Gasteiger partial charge is 0.410 e. The second-order valence-electron chi connectivity index (χ2n) is 20.6. The number of ether oxygens (including phenoxy) is 4. The molecule has 0 spiro atoms. The zero-order valence-electron chi connectivity index (χ0n) is 40.6. The number of anilines is 1. The topological polar surface area (TPSA) is 259 Å². The number of nitrogens with two attached hydrogens (primary N) is 2. The summed E-state index contributed by atoms with van der Waals surface area (Å²) in [4.78, 5) is 93.4. The van der Waals surface area contributed by atoms with Crippen molar-refractivity contribution in [2.75, 3.05) is 44.6 Å². The van der Waals surface area contributed by atoms with Crippen LogP contribution in [0.1, 0.15) is 91.5 Å². The lowest BCUT2D eigenvalue weighted by Gasteiger charge is -2.63. The number of aliphatic hydroxyl groups excluding tert-OH is 1. The molecule has 2 saturated heterocycles. The highest BCUT2D eigenvalue weighted by atomic mass is 19.1. The molecule has 5 fully saturated rings. The average molecular weight is 983 g/mol. The van der Waals surface area contributed by atoms with Crippen LogP contribution in [-0.2, 0) is 44.7 Å². The highest BCUT2D eigenvalue weighted by Gasteiger charge is 2.80. The van der Waals surface area contributed by atoms with Crippen LogP contribution in [0.3, 0.4) is 0 Å². The van der Waals surface area contributed by atoms with Crippen LogP contribution in [0.2, 0.25) is 0 Å².